The summed E-state index contributed by atoms with van der Waals surface area (Å²) >= 11 is 0. The molecule has 0 saturated heterocycles. The second-order valence-corrected chi connectivity index (χ2v) is 6.42. The number of nitrogens with zero attached hydrogens (tertiary/aromatic N) is 5. The molecule has 0 atom stereocenters. The van der Waals surface area contributed by atoms with Crippen molar-refractivity contribution in [2.24, 2.45) is 0 Å². The van der Waals surface area contributed by atoms with Gasteiger partial charge < -0.3 is 14.2 Å². The molecule has 1 N–H and O–H groups in total. The van der Waals surface area contributed by atoms with Crippen LogP contribution < -0.4 is 5.32 Å². The van der Waals surface area contributed by atoms with Crippen LogP contribution in [0.15, 0.2) is 53.4 Å². The van der Waals surface area contributed by atoms with Crippen LogP contribution in [0.25, 0.3) is 17.1 Å². The lowest BCUT2D eigenvalue weighted by Crippen LogP contribution is -2.06. The molecule has 0 bridgehead atoms. The van der Waals surface area contributed by atoms with E-state index in [4.69, 9.17) is 4.52 Å². The fourth-order valence-corrected chi connectivity index (χ4v) is 2.67. The van der Waals surface area contributed by atoms with Gasteiger partial charge in [0.1, 0.15) is 11.5 Å². The molecular formula is C19H20N6O. The summed E-state index contributed by atoms with van der Waals surface area (Å²) in [5, 5.41) is 7.33. The predicted molar refractivity (Wildman–Crippen MR) is 99.0 cm³/mol. The second kappa shape index (κ2) is 6.95. The van der Waals surface area contributed by atoms with E-state index in [1.54, 1.807) is 6.20 Å². The lowest BCUT2D eigenvalue weighted by molar-refractivity contribution is 0.419. The third kappa shape index (κ3) is 3.42. The molecule has 0 unspecified atom stereocenters. The molecule has 7 nitrogen and oxygen atoms in total. The number of imidazole rings is 1. The maximum Gasteiger partial charge on any atom is 0.258 e. The van der Waals surface area contributed by atoms with E-state index >= 15 is 0 Å². The third-order valence-corrected chi connectivity index (χ3v) is 4.07. The van der Waals surface area contributed by atoms with Crippen molar-refractivity contribution >= 4 is 11.5 Å². The van der Waals surface area contributed by atoms with Crippen molar-refractivity contribution < 1.29 is 4.52 Å². The summed E-state index contributed by atoms with van der Waals surface area (Å²) < 4.78 is 7.37. The Morgan fingerprint density at radius 1 is 1.19 bits per heavy atom. The van der Waals surface area contributed by atoms with Crippen LogP contribution in [-0.4, -0.2) is 31.1 Å². The Bertz CT molecular complexity index is 986. The molecule has 4 aromatic rings. The van der Waals surface area contributed by atoms with E-state index in [0.717, 1.165) is 35.7 Å². The zero-order valence-electron chi connectivity index (χ0n) is 14.8. The normalized spacial score (nSPS) is 11.3. The van der Waals surface area contributed by atoms with Gasteiger partial charge in [-0.3, -0.25) is 0 Å². The van der Waals surface area contributed by atoms with E-state index < -0.39 is 0 Å². The summed E-state index contributed by atoms with van der Waals surface area (Å²) in [6, 6.07) is 9.76. The van der Waals surface area contributed by atoms with Gasteiger partial charge in [0.05, 0.1) is 5.69 Å². The molecule has 0 saturated carbocycles. The van der Waals surface area contributed by atoms with Crippen LogP contribution in [-0.2, 0) is 6.42 Å². The average Bonchev–Trinajstić information content (AvgIpc) is 3.29. The van der Waals surface area contributed by atoms with E-state index in [0.29, 0.717) is 11.7 Å². The third-order valence-electron chi connectivity index (χ3n) is 4.07. The summed E-state index contributed by atoms with van der Waals surface area (Å²) in [5.41, 5.74) is 2.85. The number of anilines is 1. The highest BCUT2D eigenvalue weighted by molar-refractivity contribution is 5.57. The summed E-state index contributed by atoms with van der Waals surface area (Å²) in [4.78, 5) is 13.4. The zero-order valence-corrected chi connectivity index (χ0v) is 14.8. The van der Waals surface area contributed by atoms with Gasteiger partial charge in [-0.1, -0.05) is 25.1 Å². The summed E-state index contributed by atoms with van der Waals surface area (Å²) in [6.07, 6.45) is 6.60. The van der Waals surface area contributed by atoms with Crippen molar-refractivity contribution in [3.05, 3.63) is 60.4 Å². The van der Waals surface area contributed by atoms with Crippen molar-refractivity contribution in [3.8, 4) is 11.5 Å². The maximum absolute atomic E-state index is 5.35. The van der Waals surface area contributed by atoms with Gasteiger partial charge in [0.15, 0.2) is 5.82 Å². The Morgan fingerprint density at radius 2 is 2.12 bits per heavy atom. The number of fused-ring (bicyclic) bond motifs is 1. The molecule has 4 heterocycles. The van der Waals surface area contributed by atoms with E-state index in [9.17, 15) is 0 Å². The Hall–Kier alpha value is -3.22. The largest absolute Gasteiger partial charge is 0.370 e. The van der Waals surface area contributed by atoms with Crippen molar-refractivity contribution in [1.29, 1.82) is 0 Å². The molecule has 132 valence electrons. The summed E-state index contributed by atoms with van der Waals surface area (Å²) in [6.45, 7) is 4.81. The van der Waals surface area contributed by atoms with Crippen LogP contribution in [0.2, 0.25) is 0 Å². The van der Waals surface area contributed by atoms with Gasteiger partial charge in [-0.2, -0.15) is 4.98 Å². The minimum absolute atomic E-state index is 0.234. The first-order valence-corrected chi connectivity index (χ1v) is 8.65. The van der Waals surface area contributed by atoms with Crippen molar-refractivity contribution in [3.63, 3.8) is 0 Å². The highest BCUT2D eigenvalue weighted by Crippen LogP contribution is 2.21. The van der Waals surface area contributed by atoms with Crippen molar-refractivity contribution in [1.82, 2.24) is 24.5 Å². The van der Waals surface area contributed by atoms with Gasteiger partial charge in [-0.05, 0) is 24.3 Å². The van der Waals surface area contributed by atoms with Gasteiger partial charge >= 0.3 is 0 Å². The first kappa shape index (κ1) is 16.3. The van der Waals surface area contributed by atoms with Crippen molar-refractivity contribution in [2.45, 2.75) is 26.2 Å². The molecule has 0 fully saturated rings. The summed E-state index contributed by atoms with van der Waals surface area (Å²) in [5.74, 6) is 2.23. The SMILES string of the molecule is CC(C)c1noc(-c2ccnc(NCCc3cn4ccccc4n3)c2)n1. The molecular weight excluding hydrogens is 328 g/mol. The van der Waals surface area contributed by atoms with E-state index in [-0.39, 0.29) is 5.92 Å². The number of rotatable bonds is 6. The standard InChI is InChI=1S/C19H20N6O/c1-13(2)18-23-19(26-24-18)14-6-8-20-16(11-14)21-9-7-15-12-25-10-4-3-5-17(25)22-15/h3-6,8,10-13H,7,9H2,1-2H3,(H,20,21). The topological polar surface area (TPSA) is 81.1 Å². The number of nitrogens with one attached hydrogen (secondary N) is 1. The lowest BCUT2D eigenvalue weighted by Gasteiger charge is -2.04. The molecule has 0 amide bonds. The Balaban J connectivity index is 1.41. The predicted octanol–water partition coefficient (Wildman–Crippen LogP) is 3.56. The molecule has 4 aromatic heterocycles. The smallest absolute Gasteiger partial charge is 0.258 e. The molecule has 0 aliphatic heterocycles. The Labute approximate surface area is 151 Å². The highest BCUT2D eigenvalue weighted by Gasteiger charge is 2.12. The van der Waals surface area contributed by atoms with Gasteiger partial charge in [-0.25, -0.2) is 9.97 Å². The van der Waals surface area contributed by atoms with Crippen LogP contribution in [0.5, 0.6) is 0 Å². The number of aromatic nitrogens is 5. The van der Waals surface area contributed by atoms with Gasteiger partial charge in [0.2, 0.25) is 0 Å². The molecule has 26 heavy (non-hydrogen) atoms. The van der Waals surface area contributed by atoms with E-state index in [1.807, 2.05) is 61.0 Å². The lowest BCUT2D eigenvalue weighted by atomic mass is 10.2. The minimum atomic E-state index is 0.234. The first-order valence-electron chi connectivity index (χ1n) is 8.65. The monoisotopic (exact) mass is 348 g/mol. The van der Waals surface area contributed by atoms with E-state index in [2.05, 4.69) is 25.4 Å². The fourth-order valence-electron chi connectivity index (χ4n) is 2.67. The fraction of sp³-hybridized carbons (Fsp3) is 0.263. The van der Waals surface area contributed by atoms with Crippen LogP contribution in [0, 0.1) is 0 Å². The minimum Gasteiger partial charge on any atom is -0.370 e. The Morgan fingerprint density at radius 3 is 2.92 bits per heavy atom. The van der Waals surface area contributed by atoms with Crippen LogP contribution >= 0.6 is 0 Å². The number of hydrogen-bond acceptors (Lipinski definition) is 6. The molecule has 0 spiro atoms. The number of pyridine rings is 2. The first-order chi connectivity index (χ1) is 12.7. The molecule has 0 radical (unpaired) electrons. The summed E-state index contributed by atoms with van der Waals surface area (Å²) in [7, 11) is 0. The van der Waals surface area contributed by atoms with Gasteiger partial charge in [0, 0.05) is 43.0 Å². The quantitative estimate of drug-likeness (QED) is 0.574. The van der Waals surface area contributed by atoms with Crippen molar-refractivity contribution in [2.75, 3.05) is 11.9 Å². The molecule has 7 heteroatoms. The molecule has 4 rings (SSSR count). The van der Waals surface area contributed by atoms with Gasteiger partial charge in [-0.15, -0.1) is 0 Å². The Kier molecular flexibility index (Phi) is 4.35. The van der Waals surface area contributed by atoms with E-state index in [1.165, 1.54) is 0 Å². The van der Waals surface area contributed by atoms with Crippen LogP contribution in [0.4, 0.5) is 5.82 Å². The van der Waals surface area contributed by atoms with Gasteiger partial charge in [0.25, 0.3) is 5.89 Å². The molecule has 0 aliphatic rings. The maximum atomic E-state index is 5.35. The zero-order chi connectivity index (χ0) is 17.9. The van der Waals surface area contributed by atoms with Crippen LogP contribution in [0.1, 0.15) is 31.3 Å². The van der Waals surface area contributed by atoms with Crippen LogP contribution in [0.3, 0.4) is 0 Å². The molecule has 0 aliphatic carbocycles. The second-order valence-electron chi connectivity index (χ2n) is 6.42. The number of hydrogen-bond donors (Lipinski definition) is 1. The average molecular weight is 348 g/mol. The molecule has 0 aromatic carbocycles. The highest BCUT2D eigenvalue weighted by atomic mass is 16.5.